The Bertz CT molecular complexity index is 537. The van der Waals surface area contributed by atoms with E-state index < -0.39 is 0 Å². The smallest absolute Gasteiger partial charge is 0.149 e. The number of benzene rings is 1. The molecule has 2 aromatic rings. The Balaban J connectivity index is 2.56. The van der Waals surface area contributed by atoms with Crippen LogP contribution in [-0.4, -0.2) is 10.2 Å². The molecule has 0 saturated carbocycles. The molecule has 0 atom stereocenters. The van der Waals surface area contributed by atoms with Crippen molar-refractivity contribution in [2.45, 2.75) is 19.8 Å². The van der Waals surface area contributed by atoms with Crippen LogP contribution in [0.4, 0.5) is 10.2 Å². The van der Waals surface area contributed by atoms with E-state index in [1.807, 2.05) is 6.92 Å². The lowest BCUT2D eigenvalue weighted by Crippen LogP contribution is -1.94. The Kier molecular flexibility index (Phi) is 3.47. The zero-order valence-electron chi connectivity index (χ0n) is 9.43. The van der Waals surface area contributed by atoms with E-state index in [1.54, 1.807) is 18.2 Å². The van der Waals surface area contributed by atoms with Gasteiger partial charge in [-0.1, -0.05) is 19.4 Å². The molecule has 0 aliphatic rings. The summed E-state index contributed by atoms with van der Waals surface area (Å²) in [4.78, 5) is 0. The number of halogens is 2. The lowest BCUT2D eigenvalue weighted by Gasteiger charge is -2.05. The summed E-state index contributed by atoms with van der Waals surface area (Å²) in [6.07, 6.45) is 1.72. The summed E-state index contributed by atoms with van der Waals surface area (Å²) < 4.78 is 14.4. The van der Waals surface area contributed by atoms with E-state index in [0.29, 0.717) is 21.5 Å². The lowest BCUT2D eigenvalue weighted by molar-refractivity contribution is 0.623. The third kappa shape index (κ3) is 2.20. The zero-order valence-corrected chi connectivity index (χ0v) is 11.0. The van der Waals surface area contributed by atoms with E-state index in [1.165, 1.54) is 0 Å². The van der Waals surface area contributed by atoms with Crippen molar-refractivity contribution in [1.29, 1.82) is 0 Å². The molecular formula is C12H13BrFN3. The number of hydrogen-bond acceptors (Lipinski definition) is 2. The Morgan fingerprint density at radius 2 is 2.24 bits per heavy atom. The first-order valence-electron chi connectivity index (χ1n) is 5.42. The predicted molar refractivity (Wildman–Crippen MR) is 70.1 cm³/mol. The molecule has 0 unspecified atom stereocenters. The fourth-order valence-electron chi connectivity index (χ4n) is 1.80. The number of anilines is 1. The maximum Gasteiger partial charge on any atom is 0.149 e. The van der Waals surface area contributed by atoms with Crippen molar-refractivity contribution in [3.05, 3.63) is 34.1 Å². The van der Waals surface area contributed by atoms with Crippen LogP contribution in [0.5, 0.6) is 0 Å². The van der Waals surface area contributed by atoms with Gasteiger partial charge in [0, 0.05) is 11.1 Å². The summed E-state index contributed by atoms with van der Waals surface area (Å²) in [5.41, 5.74) is 7.82. The van der Waals surface area contributed by atoms with Gasteiger partial charge in [0.05, 0.1) is 10.2 Å². The molecule has 0 fully saturated rings. The summed E-state index contributed by atoms with van der Waals surface area (Å²) in [6.45, 7) is 2.05. The van der Waals surface area contributed by atoms with Crippen LogP contribution in [0.2, 0.25) is 0 Å². The molecule has 0 amide bonds. The highest BCUT2D eigenvalue weighted by Crippen LogP contribution is 2.31. The van der Waals surface area contributed by atoms with Crippen molar-refractivity contribution in [3.63, 3.8) is 0 Å². The second kappa shape index (κ2) is 4.87. The largest absolute Gasteiger partial charge is 0.382 e. The van der Waals surface area contributed by atoms with E-state index in [0.717, 1.165) is 18.4 Å². The number of nitrogens with two attached hydrogens (primary N) is 1. The van der Waals surface area contributed by atoms with E-state index >= 15 is 0 Å². The molecule has 0 aliphatic carbocycles. The molecular weight excluding hydrogens is 285 g/mol. The van der Waals surface area contributed by atoms with Crippen LogP contribution >= 0.6 is 15.9 Å². The van der Waals surface area contributed by atoms with Crippen LogP contribution in [0.15, 0.2) is 22.7 Å². The third-order valence-electron chi connectivity index (χ3n) is 2.62. The fourth-order valence-corrected chi connectivity index (χ4v) is 2.17. The maximum atomic E-state index is 14.0. The SMILES string of the molecule is CCCc1c(N)n[nH]c1-c1cccc(Br)c1F. The van der Waals surface area contributed by atoms with Crippen molar-refractivity contribution in [2.75, 3.05) is 5.73 Å². The first kappa shape index (κ1) is 12.1. The minimum Gasteiger partial charge on any atom is -0.382 e. The van der Waals surface area contributed by atoms with Gasteiger partial charge in [0.15, 0.2) is 0 Å². The molecule has 3 N–H and O–H groups in total. The minimum absolute atomic E-state index is 0.298. The second-order valence-corrected chi connectivity index (χ2v) is 4.67. The van der Waals surface area contributed by atoms with Gasteiger partial charge in [-0.05, 0) is 34.5 Å². The number of nitrogens with one attached hydrogen (secondary N) is 1. The van der Waals surface area contributed by atoms with Crippen molar-refractivity contribution in [1.82, 2.24) is 10.2 Å². The van der Waals surface area contributed by atoms with Crippen molar-refractivity contribution in [2.24, 2.45) is 0 Å². The number of hydrogen-bond donors (Lipinski definition) is 2. The molecule has 2 rings (SSSR count). The minimum atomic E-state index is -0.298. The molecule has 1 heterocycles. The van der Waals surface area contributed by atoms with E-state index in [4.69, 9.17) is 5.73 Å². The first-order chi connectivity index (χ1) is 8.15. The summed E-state index contributed by atoms with van der Waals surface area (Å²) in [5.74, 6) is 0.148. The molecule has 0 spiro atoms. The molecule has 0 saturated heterocycles. The van der Waals surface area contributed by atoms with Gasteiger partial charge in [-0.2, -0.15) is 5.10 Å². The summed E-state index contributed by atoms with van der Waals surface area (Å²) >= 11 is 3.17. The molecule has 90 valence electrons. The van der Waals surface area contributed by atoms with Gasteiger partial charge in [-0.25, -0.2) is 4.39 Å². The standard InChI is InChI=1S/C12H13BrFN3/c1-2-4-8-11(16-17-12(8)15)7-5-3-6-9(13)10(7)14/h3,5-6H,2,4H2,1H3,(H3,15,16,17). The third-order valence-corrected chi connectivity index (χ3v) is 3.23. The van der Waals surface area contributed by atoms with Gasteiger partial charge >= 0.3 is 0 Å². The van der Waals surface area contributed by atoms with Crippen molar-refractivity contribution in [3.8, 4) is 11.3 Å². The predicted octanol–water partition coefficient (Wildman–Crippen LogP) is 3.51. The van der Waals surface area contributed by atoms with Crippen LogP contribution in [0.3, 0.4) is 0 Å². The molecule has 1 aromatic heterocycles. The van der Waals surface area contributed by atoms with Crippen LogP contribution in [0, 0.1) is 5.82 Å². The quantitative estimate of drug-likeness (QED) is 0.911. The zero-order chi connectivity index (χ0) is 12.4. The monoisotopic (exact) mass is 297 g/mol. The van der Waals surface area contributed by atoms with Crippen LogP contribution in [0.25, 0.3) is 11.3 Å². The second-order valence-electron chi connectivity index (χ2n) is 3.81. The fraction of sp³-hybridized carbons (Fsp3) is 0.250. The summed E-state index contributed by atoms with van der Waals surface area (Å²) in [7, 11) is 0. The van der Waals surface area contributed by atoms with Gasteiger partial charge in [-0.15, -0.1) is 0 Å². The summed E-state index contributed by atoms with van der Waals surface area (Å²) in [5, 5.41) is 6.76. The van der Waals surface area contributed by atoms with Gasteiger partial charge in [-0.3, -0.25) is 5.10 Å². The Hall–Kier alpha value is -1.36. The number of nitrogens with zero attached hydrogens (tertiary/aromatic N) is 1. The van der Waals surface area contributed by atoms with Gasteiger partial charge < -0.3 is 5.73 Å². The maximum absolute atomic E-state index is 14.0. The molecule has 0 radical (unpaired) electrons. The Labute approximate surface area is 107 Å². The van der Waals surface area contributed by atoms with E-state index in [9.17, 15) is 4.39 Å². The Morgan fingerprint density at radius 3 is 2.94 bits per heavy atom. The average molecular weight is 298 g/mol. The van der Waals surface area contributed by atoms with Crippen LogP contribution in [-0.2, 0) is 6.42 Å². The van der Waals surface area contributed by atoms with Gasteiger partial charge in [0.2, 0.25) is 0 Å². The molecule has 5 heteroatoms. The van der Waals surface area contributed by atoms with Crippen LogP contribution < -0.4 is 5.73 Å². The topological polar surface area (TPSA) is 54.7 Å². The molecule has 3 nitrogen and oxygen atoms in total. The highest BCUT2D eigenvalue weighted by molar-refractivity contribution is 9.10. The number of H-pyrrole nitrogens is 1. The van der Waals surface area contributed by atoms with Gasteiger partial charge in [0.1, 0.15) is 11.6 Å². The molecule has 1 aromatic carbocycles. The first-order valence-corrected chi connectivity index (χ1v) is 6.21. The van der Waals surface area contributed by atoms with E-state index in [-0.39, 0.29) is 5.82 Å². The van der Waals surface area contributed by atoms with E-state index in [2.05, 4.69) is 26.1 Å². The molecule has 17 heavy (non-hydrogen) atoms. The molecule has 0 bridgehead atoms. The lowest BCUT2D eigenvalue weighted by atomic mass is 10.0. The number of nitrogen functional groups attached to an aromatic ring is 1. The average Bonchev–Trinajstić information content (AvgIpc) is 2.66. The van der Waals surface area contributed by atoms with Crippen molar-refractivity contribution >= 4 is 21.7 Å². The van der Waals surface area contributed by atoms with Crippen LogP contribution in [0.1, 0.15) is 18.9 Å². The Morgan fingerprint density at radius 1 is 1.47 bits per heavy atom. The molecule has 0 aliphatic heterocycles. The number of rotatable bonds is 3. The van der Waals surface area contributed by atoms with Gasteiger partial charge in [0.25, 0.3) is 0 Å². The highest BCUT2D eigenvalue weighted by Gasteiger charge is 2.16. The highest BCUT2D eigenvalue weighted by atomic mass is 79.9. The number of aromatic amines is 1. The number of aromatic nitrogens is 2. The normalized spacial score (nSPS) is 10.8. The van der Waals surface area contributed by atoms with Crippen molar-refractivity contribution < 1.29 is 4.39 Å². The summed E-state index contributed by atoms with van der Waals surface area (Å²) in [6, 6.07) is 5.17.